The number of hydrogen-bond acceptors (Lipinski definition) is 5. The SMILES string of the molecule is CCCCCCN(CCCCSc1ccccc1C(=O)O)c1nc2ccccc2o1. The lowest BCUT2D eigenvalue weighted by atomic mass is 10.2. The Kier molecular flexibility index (Phi) is 8.63. The zero-order valence-electron chi connectivity index (χ0n) is 17.5. The molecule has 0 radical (unpaired) electrons. The Balaban J connectivity index is 1.53. The molecule has 5 nitrogen and oxygen atoms in total. The molecule has 30 heavy (non-hydrogen) atoms. The lowest BCUT2D eigenvalue weighted by Crippen LogP contribution is -2.26. The first kappa shape index (κ1) is 22.2. The standard InChI is InChI=1S/C24H30N2O3S/c1-2-3-4-9-16-26(24-25-20-13-6-7-14-21(20)29-24)17-10-11-18-30-22-15-8-5-12-19(22)23(27)28/h5-8,12-15H,2-4,9-11,16-18H2,1H3,(H,27,28). The molecule has 0 fully saturated rings. The first-order valence-corrected chi connectivity index (χ1v) is 11.7. The van der Waals surface area contributed by atoms with E-state index in [2.05, 4.69) is 16.8 Å². The summed E-state index contributed by atoms with van der Waals surface area (Å²) in [7, 11) is 0. The largest absolute Gasteiger partial charge is 0.478 e. The molecule has 6 heteroatoms. The third-order valence-electron chi connectivity index (χ3n) is 5.03. The van der Waals surface area contributed by atoms with E-state index in [1.54, 1.807) is 23.9 Å². The van der Waals surface area contributed by atoms with Gasteiger partial charge >= 0.3 is 5.97 Å². The lowest BCUT2D eigenvalue weighted by molar-refractivity contribution is 0.0693. The van der Waals surface area contributed by atoms with Crippen LogP contribution in [0.15, 0.2) is 57.8 Å². The minimum absolute atomic E-state index is 0.381. The van der Waals surface area contributed by atoms with Crippen molar-refractivity contribution >= 4 is 34.8 Å². The van der Waals surface area contributed by atoms with Crippen molar-refractivity contribution in [3.63, 3.8) is 0 Å². The Labute approximate surface area is 182 Å². The number of unbranched alkanes of at least 4 members (excludes halogenated alkanes) is 4. The van der Waals surface area contributed by atoms with Gasteiger partial charge in [0.2, 0.25) is 0 Å². The van der Waals surface area contributed by atoms with Crippen LogP contribution in [0.2, 0.25) is 0 Å². The second kappa shape index (κ2) is 11.6. The van der Waals surface area contributed by atoms with E-state index in [1.165, 1.54) is 19.3 Å². The number of oxazole rings is 1. The van der Waals surface area contributed by atoms with E-state index in [0.717, 1.165) is 54.1 Å². The molecule has 3 aromatic rings. The van der Waals surface area contributed by atoms with Crippen molar-refractivity contribution in [2.45, 2.75) is 50.3 Å². The Morgan fingerprint density at radius 1 is 1.00 bits per heavy atom. The van der Waals surface area contributed by atoms with Crippen molar-refractivity contribution in [2.75, 3.05) is 23.7 Å². The third-order valence-corrected chi connectivity index (χ3v) is 6.19. The smallest absolute Gasteiger partial charge is 0.336 e. The van der Waals surface area contributed by atoms with E-state index in [-0.39, 0.29) is 0 Å². The number of para-hydroxylation sites is 2. The van der Waals surface area contributed by atoms with Gasteiger partial charge in [0.1, 0.15) is 5.52 Å². The number of hydrogen-bond donors (Lipinski definition) is 1. The monoisotopic (exact) mass is 426 g/mol. The number of carboxylic acids is 1. The van der Waals surface area contributed by atoms with Gasteiger partial charge in [-0.05, 0) is 49.3 Å². The van der Waals surface area contributed by atoms with E-state index >= 15 is 0 Å². The molecule has 0 aliphatic heterocycles. The van der Waals surface area contributed by atoms with Crippen LogP contribution in [0.25, 0.3) is 11.1 Å². The highest BCUT2D eigenvalue weighted by molar-refractivity contribution is 7.99. The van der Waals surface area contributed by atoms with Crippen LogP contribution in [0.1, 0.15) is 55.8 Å². The summed E-state index contributed by atoms with van der Waals surface area (Å²) in [6.07, 6.45) is 6.83. The van der Waals surface area contributed by atoms with E-state index in [4.69, 9.17) is 4.42 Å². The molecule has 0 spiro atoms. The van der Waals surface area contributed by atoms with Crippen molar-refractivity contribution < 1.29 is 14.3 Å². The van der Waals surface area contributed by atoms with E-state index in [9.17, 15) is 9.90 Å². The highest BCUT2D eigenvalue weighted by atomic mass is 32.2. The first-order valence-electron chi connectivity index (χ1n) is 10.7. The Hall–Kier alpha value is -2.47. The van der Waals surface area contributed by atoms with Gasteiger partial charge in [0, 0.05) is 18.0 Å². The maximum absolute atomic E-state index is 11.3. The van der Waals surface area contributed by atoms with Gasteiger partial charge in [-0.3, -0.25) is 0 Å². The van der Waals surface area contributed by atoms with Crippen molar-refractivity contribution in [1.82, 2.24) is 4.98 Å². The molecule has 1 aromatic heterocycles. The molecule has 160 valence electrons. The molecule has 1 N–H and O–H groups in total. The average Bonchev–Trinajstić information content (AvgIpc) is 3.19. The summed E-state index contributed by atoms with van der Waals surface area (Å²) in [5.74, 6) is 0.0222. The van der Waals surface area contributed by atoms with E-state index in [0.29, 0.717) is 11.6 Å². The van der Waals surface area contributed by atoms with Gasteiger partial charge in [-0.25, -0.2) is 4.79 Å². The average molecular weight is 427 g/mol. The highest BCUT2D eigenvalue weighted by Crippen LogP contribution is 2.25. The quantitative estimate of drug-likeness (QED) is 0.249. The molecule has 0 saturated heterocycles. The van der Waals surface area contributed by atoms with Crippen molar-refractivity contribution in [3.05, 3.63) is 54.1 Å². The molecular weight excluding hydrogens is 396 g/mol. The summed E-state index contributed by atoms with van der Waals surface area (Å²) >= 11 is 1.61. The Morgan fingerprint density at radius 2 is 1.73 bits per heavy atom. The molecule has 0 aliphatic carbocycles. The van der Waals surface area contributed by atoms with E-state index < -0.39 is 5.97 Å². The normalized spacial score (nSPS) is 11.1. The minimum Gasteiger partial charge on any atom is -0.478 e. The van der Waals surface area contributed by atoms with Crippen LogP contribution in [0.4, 0.5) is 6.01 Å². The van der Waals surface area contributed by atoms with Crippen molar-refractivity contribution in [1.29, 1.82) is 0 Å². The number of carbonyl (C=O) groups is 1. The molecule has 0 bridgehead atoms. The number of nitrogens with zero attached hydrogens (tertiary/aromatic N) is 2. The molecule has 1 heterocycles. The lowest BCUT2D eigenvalue weighted by Gasteiger charge is -2.20. The van der Waals surface area contributed by atoms with Gasteiger partial charge in [-0.1, -0.05) is 50.5 Å². The van der Waals surface area contributed by atoms with Crippen LogP contribution in [0.5, 0.6) is 0 Å². The summed E-state index contributed by atoms with van der Waals surface area (Å²) in [6, 6.07) is 15.8. The van der Waals surface area contributed by atoms with Gasteiger partial charge in [0.15, 0.2) is 5.58 Å². The number of fused-ring (bicyclic) bond motifs is 1. The zero-order valence-corrected chi connectivity index (χ0v) is 18.4. The number of thioether (sulfide) groups is 1. The summed E-state index contributed by atoms with van der Waals surface area (Å²) in [6.45, 7) is 4.06. The number of aromatic carboxylic acids is 1. The molecule has 0 unspecified atom stereocenters. The van der Waals surface area contributed by atoms with Gasteiger partial charge < -0.3 is 14.4 Å². The maximum atomic E-state index is 11.3. The van der Waals surface area contributed by atoms with Crippen LogP contribution in [0, 0.1) is 0 Å². The van der Waals surface area contributed by atoms with Crippen LogP contribution < -0.4 is 4.90 Å². The molecule has 2 aromatic carbocycles. The maximum Gasteiger partial charge on any atom is 0.336 e. The number of rotatable bonds is 13. The van der Waals surface area contributed by atoms with Gasteiger partial charge in [0.25, 0.3) is 6.01 Å². The zero-order chi connectivity index (χ0) is 21.2. The van der Waals surface area contributed by atoms with E-state index in [1.807, 2.05) is 36.4 Å². The molecule has 3 rings (SSSR count). The number of anilines is 1. The molecule has 0 aliphatic rings. The predicted molar refractivity (Wildman–Crippen MR) is 124 cm³/mol. The Morgan fingerprint density at radius 3 is 2.50 bits per heavy atom. The fourth-order valence-electron chi connectivity index (χ4n) is 3.38. The van der Waals surface area contributed by atoms with Crippen LogP contribution in [-0.4, -0.2) is 34.9 Å². The van der Waals surface area contributed by atoms with Gasteiger partial charge in [0.05, 0.1) is 5.56 Å². The van der Waals surface area contributed by atoms with Gasteiger partial charge in [-0.15, -0.1) is 11.8 Å². The number of aromatic nitrogens is 1. The summed E-state index contributed by atoms with van der Waals surface area (Å²) in [4.78, 5) is 19.1. The number of benzene rings is 2. The number of carboxylic acid groups (broad SMARTS) is 1. The minimum atomic E-state index is -0.868. The molecule has 0 saturated carbocycles. The van der Waals surface area contributed by atoms with Crippen LogP contribution >= 0.6 is 11.8 Å². The predicted octanol–water partition coefficient (Wildman–Crippen LogP) is 6.49. The van der Waals surface area contributed by atoms with Crippen molar-refractivity contribution in [2.24, 2.45) is 0 Å². The third kappa shape index (κ3) is 6.26. The fourth-order valence-corrected chi connectivity index (χ4v) is 4.44. The second-order valence-electron chi connectivity index (χ2n) is 7.37. The summed E-state index contributed by atoms with van der Waals surface area (Å²) in [5, 5.41) is 9.31. The topological polar surface area (TPSA) is 66.6 Å². The van der Waals surface area contributed by atoms with Crippen LogP contribution in [-0.2, 0) is 0 Å². The van der Waals surface area contributed by atoms with Crippen LogP contribution in [0.3, 0.4) is 0 Å². The first-order chi connectivity index (χ1) is 14.7. The fraction of sp³-hybridized carbons (Fsp3) is 0.417. The highest BCUT2D eigenvalue weighted by Gasteiger charge is 2.14. The van der Waals surface area contributed by atoms with Crippen molar-refractivity contribution in [3.8, 4) is 0 Å². The molecule has 0 amide bonds. The molecule has 0 atom stereocenters. The summed E-state index contributed by atoms with van der Waals surface area (Å²) < 4.78 is 6.00. The summed E-state index contributed by atoms with van der Waals surface area (Å²) in [5.41, 5.74) is 2.10. The second-order valence-corrected chi connectivity index (χ2v) is 8.51. The molecular formula is C24H30N2O3S. The van der Waals surface area contributed by atoms with Gasteiger partial charge in [-0.2, -0.15) is 4.98 Å². The Bertz CT molecular complexity index is 908.